The van der Waals surface area contributed by atoms with Gasteiger partial charge in [-0.05, 0) is 42.7 Å². The molecule has 4 rings (SSSR count). The Morgan fingerprint density at radius 3 is 2.83 bits per heavy atom. The van der Waals surface area contributed by atoms with Crippen molar-refractivity contribution in [3.05, 3.63) is 59.9 Å². The second-order valence-electron chi connectivity index (χ2n) is 6.80. The quantitative estimate of drug-likeness (QED) is 0.570. The molecule has 0 unspecified atom stereocenters. The fourth-order valence-electron chi connectivity index (χ4n) is 3.03. The van der Waals surface area contributed by atoms with Gasteiger partial charge in [-0.25, -0.2) is 4.39 Å². The number of hydrogen-bond acceptors (Lipinski definition) is 5. The minimum absolute atomic E-state index is 0.101. The maximum Gasteiger partial charge on any atom is 0.230 e. The lowest BCUT2D eigenvalue weighted by Gasteiger charge is -2.10. The minimum Gasteiger partial charge on any atom is -0.497 e. The highest BCUT2D eigenvalue weighted by molar-refractivity contribution is 7.99. The molecule has 150 valence electrons. The predicted molar refractivity (Wildman–Crippen MR) is 109 cm³/mol. The van der Waals surface area contributed by atoms with Crippen LogP contribution in [0.4, 0.5) is 4.39 Å². The van der Waals surface area contributed by atoms with E-state index in [2.05, 4.69) is 15.5 Å². The number of methoxy groups -OCH3 is 1. The van der Waals surface area contributed by atoms with E-state index in [1.807, 2.05) is 28.8 Å². The fourth-order valence-corrected chi connectivity index (χ4v) is 3.86. The number of aromatic nitrogens is 3. The molecule has 6 nitrogen and oxygen atoms in total. The van der Waals surface area contributed by atoms with Crippen LogP contribution in [0.5, 0.6) is 5.75 Å². The predicted octanol–water partition coefficient (Wildman–Crippen LogP) is 3.84. The highest BCUT2D eigenvalue weighted by Gasteiger charge is 2.31. The Balaban J connectivity index is 1.41. The van der Waals surface area contributed by atoms with Gasteiger partial charge in [0, 0.05) is 12.6 Å². The SMILES string of the molecule is COc1cccc(CNC(=O)CSc2nnc(-c3ccccc3F)n2C2CC2)c1. The Bertz CT molecular complexity index is 1020. The van der Waals surface area contributed by atoms with Crippen LogP contribution in [0.3, 0.4) is 0 Å². The van der Waals surface area contributed by atoms with E-state index in [1.54, 1.807) is 25.3 Å². The number of nitrogens with one attached hydrogen (secondary N) is 1. The number of carbonyl (C=O) groups is 1. The fraction of sp³-hybridized carbons (Fsp3) is 0.286. The molecule has 0 bridgehead atoms. The summed E-state index contributed by atoms with van der Waals surface area (Å²) in [5.41, 5.74) is 1.40. The number of ether oxygens (including phenoxy) is 1. The molecule has 1 amide bonds. The first-order valence-corrected chi connectivity index (χ1v) is 10.4. The molecule has 1 fully saturated rings. The zero-order valence-corrected chi connectivity index (χ0v) is 16.8. The zero-order chi connectivity index (χ0) is 20.2. The first-order valence-electron chi connectivity index (χ1n) is 9.38. The number of amides is 1. The molecule has 1 heterocycles. The lowest BCUT2D eigenvalue weighted by molar-refractivity contribution is -0.118. The molecule has 1 N–H and O–H groups in total. The Hall–Kier alpha value is -2.87. The van der Waals surface area contributed by atoms with Crippen molar-refractivity contribution in [2.24, 2.45) is 0 Å². The maximum absolute atomic E-state index is 14.2. The first kappa shape index (κ1) is 19.4. The van der Waals surface area contributed by atoms with Gasteiger partial charge in [0.25, 0.3) is 0 Å². The summed E-state index contributed by atoms with van der Waals surface area (Å²) in [5.74, 6) is 1.06. The van der Waals surface area contributed by atoms with E-state index < -0.39 is 0 Å². The van der Waals surface area contributed by atoms with E-state index in [-0.39, 0.29) is 23.5 Å². The number of hydrogen-bond donors (Lipinski definition) is 1. The van der Waals surface area contributed by atoms with Crippen LogP contribution < -0.4 is 10.1 Å². The molecule has 0 saturated heterocycles. The van der Waals surface area contributed by atoms with Crippen LogP contribution in [0.1, 0.15) is 24.4 Å². The number of thioether (sulfide) groups is 1. The molecule has 1 aromatic heterocycles. The third-order valence-electron chi connectivity index (χ3n) is 4.65. The molecule has 1 saturated carbocycles. The molecule has 0 atom stereocenters. The van der Waals surface area contributed by atoms with Crippen LogP contribution in [0.15, 0.2) is 53.7 Å². The first-order chi connectivity index (χ1) is 14.2. The molecule has 1 aliphatic rings. The smallest absolute Gasteiger partial charge is 0.230 e. The molecule has 29 heavy (non-hydrogen) atoms. The molecule has 3 aromatic rings. The molecule has 8 heteroatoms. The highest BCUT2D eigenvalue weighted by atomic mass is 32.2. The van der Waals surface area contributed by atoms with Crippen molar-refractivity contribution in [3.63, 3.8) is 0 Å². The van der Waals surface area contributed by atoms with Crippen molar-refractivity contribution < 1.29 is 13.9 Å². The van der Waals surface area contributed by atoms with Crippen LogP contribution >= 0.6 is 11.8 Å². The zero-order valence-electron chi connectivity index (χ0n) is 16.0. The number of nitrogens with zero attached hydrogens (tertiary/aromatic N) is 3. The van der Waals surface area contributed by atoms with Gasteiger partial charge in [-0.15, -0.1) is 10.2 Å². The highest BCUT2D eigenvalue weighted by Crippen LogP contribution is 2.41. The summed E-state index contributed by atoms with van der Waals surface area (Å²) in [5, 5.41) is 12.0. The van der Waals surface area contributed by atoms with E-state index in [0.717, 1.165) is 24.2 Å². The summed E-state index contributed by atoms with van der Waals surface area (Å²) in [6, 6.07) is 14.4. The Labute approximate surface area is 172 Å². The summed E-state index contributed by atoms with van der Waals surface area (Å²) >= 11 is 1.32. The lowest BCUT2D eigenvalue weighted by Crippen LogP contribution is -2.24. The van der Waals surface area contributed by atoms with E-state index in [9.17, 15) is 9.18 Å². The van der Waals surface area contributed by atoms with Gasteiger partial charge in [0.05, 0.1) is 18.4 Å². The number of rotatable bonds is 8. The largest absolute Gasteiger partial charge is 0.497 e. The molecule has 2 aromatic carbocycles. The maximum atomic E-state index is 14.2. The molecule has 1 aliphatic carbocycles. The third-order valence-corrected chi connectivity index (χ3v) is 5.59. The molecular formula is C21H21FN4O2S. The van der Waals surface area contributed by atoms with Crippen molar-refractivity contribution in [1.29, 1.82) is 0 Å². The monoisotopic (exact) mass is 412 g/mol. The molecule has 0 spiro atoms. The van der Waals surface area contributed by atoms with Crippen LogP contribution in [-0.2, 0) is 11.3 Å². The van der Waals surface area contributed by atoms with E-state index in [1.165, 1.54) is 17.8 Å². The van der Waals surface area contributed by atoms with Gasteiger partial charge in [-0.3, -0.25) is 9.36 Å². The van der Waals surface area contributed by atoms with Crippen LogP contribution in [0, 0.1) is 5.82 Å². The molecular weight excluding hydrogens is 391 g/mol. The summed E-state index contributed by atoms with van der Waals surface area (Å²) < 4.78 is 21.4. The van der Waals surface area contributed by atoms with Crippen LogP contribution in [0.2, 0.25) is 0 Å². The summed E-state index contributed by atoms with van der Waals surface area (Å²) in [4.78, 5) is 12.3. The summed E-state index contributed by atoms with van der Waals surface area (Å²) in [6.45, 7) is 0.423. The third kappa shape index (κ3) is 4.59. The number of halogens is 1. The van der Waals surface area contributed by atoms with Crippen LogP contribution in [-0.4, -0.2) is 33.5 Å². The number of carbonyl (C=O) groups excluding carboxylic acids is 1. The summed E-state index contributed by atoms with van der Waals surface area (Å²) in [6.07, 6.45) is 2.02. The van der Waals surface area contributed by atoms with Gasteiger partial charge < -0.3 is 10.1 Å². The van der Waals surface area contributed by atoms with Crippen molar-refractivity contribution in [1.82, 2.24) is 20.1 Å². The summed E-state index contributed by atoms with van der Waals surface area (Å²) in [7, 11) is 1.61. The van der Waals surface area contributed by atoms with E-state index >= 15 is 0 Å². The molecule has 0 radical (unpaired) electrons. The Kier molecular flexibility index (Phi) is 5.80. The van der Waals surface area contributed by atoms with Crippen molar-refractivity contribution in [2.75, 3.05) is 12.9 Å². The van der Waals surface area contributed by atoms with Gasteiger partial charge in [-0.1, -0.05) is 36.0 Å². The van der Waals surface area contributed by atoms with Gasteiger partial charge in [0.1, 0.15) is 11.6 Å². The second-order valence-corrected chi connectivity index (χ2v) is 7.75. The average Bonchev–Trinajstić information content (AvgIpc) is 3.50. The standard InChI is InChI=1S/C21H21FN4O2S/c1-28-16-6-4-5-14(11-16)12-23-19(27)13-29-21-25-24-20(26(21)15-9-10-15)17-7-2-3-8-18(17)22/h2-8,11,15H,9-10,12-13H2,1H3,(H,23,27). The van der Waals surface area contributed by atoms with Crippen molar-refractivity contribution >= 4 is 17.7 Å². The average molecular weight is 412 g/mol. The van der Waals surface area contributed by atoms with Gasteiger partial charge in [-0.2, -0.15) is 0 Å². The van der Waals surface area contributed by atoms with Crippen molar-refractivity contribution in [3.8, 4) is 17.1 Å². The second kappa shape index (κ2) is 8.65. The topological polar surface area (TPSA) is 69.0 Å². The van der Waals surface area contributed by atoms with E-state index in [0.29, 0.717) is 23.1 Å². The Morgan fingerprint density at radius 2 is 2.07 bits per heavy atom. The lowest BCUT2D eigenvalue weighted by atomic mass is 10.2. The molecule has 0 aliphatic heterocycles. The van der Waals surface area contributed by atoms with Gasteiger partial charge >= 0.3 is 0 Å². The van der Waals surface area contributed by atoms with Crippen LogP contribution in [0.25, 0.3) is 11.4 Å². The van der Waals surface area contributed by atoms with Crippen molar-refractivity contribution in [2.45, 2.75) is 30.6 Å². The van der Waals surface area contributed by atoms with E-state index in [4.69, 9.17) is 4.74 Å². The minimum atomic E-state index is -0.325. The van der Waals surface area contributed by atoms with Gasteiger partial charge in [0.15, 0.2) is 11.0 Å². The van der Waals surface area contributed by atoms with Gasteiger partial charge in [0.2, 0.25) is 5.91 Å². The number of benzene rings is 2. The normalized spacial score (nSPS) is 13.3. The Morgan fingerprint density at radius 1 is 1.24 bits per heavy atom.